The van der Waals surface area contributed by atoms with Crippen LogP contribution in [0.15, 0.2) is 22.8 Å². The molecule has 15 heavy (non-hydrogen) atoms. The van der Waals surface area contributed by atoms with Crippen molar-refractivity contribution in [3.63, 3.8) is 0 Å². The largest absolute Gasteiger partial charge is 0.392 e. The van der Waals surface area contributed by atoms with E-state index in [9.17, 15) is 0 Å². The summed E-state index contributed by atoms with van der Waals surface area (Å²) in [6.07, 6.45) is 1.79. The van der Waals surface area contributed by atoms with E-state index in [4.69, 9.17) is 18.0 Å². The molecule has 1 heterocycles. The summed E-state index contributed by atoms with van der Waals surface area (Å²) in [6, 6.07) is 4.04. The van der Waals surface area contributed by atoms with E-state index < -0.39 is 0 Å². The predicted molar refractivity (Wildman–Crippen MR) is 69.7 cm³/mol. The van der Waals surface area contributed by atoms with E-state index in [-0.39, 0.29) is 6.04 Å². The van der Waals surface area contributed by atoms with E-state index in [0.29, 0.717) is 4.99 Å². The summed E-state index contributed by atoms with van der Waals surface area (Å²) in [5, 5.41) is 0. The van der Waals surface area contributed by atoms with Gasteiger partial charge in [-0.15, -0.1) is 0 Å². The fraction of sp³-hybridized carbons (Fsp3) is 0.400. The standard InChI is InChI=1S/C10H14BrN3S/c1-7(10(12)15)14(2)6-9-4-3-8(11)5-13-9/h3-5,7H,6H2,1-2H3,(H2,12,15). The number of aromatic nitrogens is 1. The minimum absolute atomic E-state index is 0.0884. The lowest BCUT2D eigenvalue weighted by Crippen LogP contribution is -2.38. The molecule has 1 aromatic heterocycles. The van der Waals surface area contributed by atoms with Gasteiger partial charge in [-0.1, -0.05) is 12.2 Å². The summed E-state index contributed by atoms with van der Waals surface area (Å²) in [4.78, 5) is 6.86. The van der Waals surface area contributed by atoms with Crippen LogP contribution >= 0.6 is 28.1 Å². The van der Waals surface area contributed by atoms with Crippen molar-refractivity contribution < 1.29 is 0 Å². The average Bonchev–Trinajstić information content (AvgIpc) is 2.20. The van der Waals surface area contributed by atoms with Crippen LogP contribution in [-0.2, 0) is 6.54 Å². The molecule has 1 rings (SSSR count). The molecule has 0 fully saturated rings. The van der Waals surface area contributed by atoms with Crippen molar-refractivity contribution in [2.75, 3.05) is 7.05 Å². The Hall–Kier alpha value is -0.520. The van der Waals surface area contributed by atoms with Gasteiger partial charge in [0.25, 0.3) is 0 Å². The smallest absolute Gasteiger partial charge is 0.0899 e. The second kappa shape index (κ2) is 5.53. The molecule has 0 aliphatic carbocycles. The van der Waals surface area contributed by atoms with Crippen LogP contribution in [0.1, 0.15) is 12.6 Å². The Morgan fingerprint density at radius 2 is 2.33 bits per heavy atom. The summed E-state index contributed by atoms with van der Waals surface area (Å²) in [5.41, 5.74) is 6.58. The Balaban J connectivity index is 2.62. The third kappa shape index (κ3) is 3.85. The predicted octanol–water partition coefficient (Wildman–Crippen LogP) is 1.95. The van der Waals surface area contributed by atoms with Gasteiger partial charge in [-0.25, -0.2) is 0 Å². The molecule has 0 saturated carbocycles. The van der Waals surface area contributed by atoms with E-state index in [1.807, 2.05) is 26.1 Å². The van der Waals surface area contributed by atoms with E-state index >= 15 is 0 Å². The van der Waals surface area contributed by atoms with Gasteiger partial charge in [0.1, 0.15) is 0 Å². The van der Waals surface area contributed by atoms with E-state index in [2.05, 4.69) is 25.8 Å². The zero-order valence-corrected chi connectivity index (χ0v) is 11.2. The van der Waals surface area contributed by atoms with Crippen LogP contribution in [0.25, 0.3) is 0 Å². The molecule has 2 N–H and O–H groups in total. The lowest BCUT2D eigenvalue weighted by Gasteiger charge is -2.22. The molecular weight excluding hydrogens is 274 g/mol. The van der Waals surface area contributed by atoms with E-state index in [1.165, 1.54) is 0 Å². The monoisotopic (exact) mass is 287 g/mol. The topological polar surface area (TPSA) is 42.1 Å². The van der Waals surface area contributed by atoms with Crippen molar-refractivity contribution in [3.8, 4) is 0 Å². The summed E-state index contributed by atoms with van der Waals surface area (Å²) in [5.74, 6) is 0. The molecule has 3 nitrogen and oxygen atoms in total. The van der Waals surface area contributed by atoms with Gasteiger partial charge in [0.05, 0.1) is 16.7 Å². The summed E-state index contributed by atoms with van der Waals surface area (Å²) < 4.78 is 0.983. The zero-order valence-electron chi connectivity index (χ0n) is 8.77. The number of rotatable bonds is 4. The first-order valence-electron chi connectivity index (χ1n) is 4.60. The molecule has 0 amide bonds. The first-order chi connectivity index (χ1) is 7.00. The molecule has 82 valence electrons. The molecule has 0 aliphatic rings. The molecule has 0 aliphatic heterocycles. The highest BCUT2D eigenvalue weighted by Gasteiger charge is 2.12. The van der Waals surface area contributed by atoms with Crippen LogP contribution in [-0.4, -0.2) is 28.0 Å². The first kappa shape index (κ1) is 12.5. The van der Waals surface area contributed by atoms with Gasteiger partial charge in [-0.2, -0.15) is 0 Å². The zero-order chi connectivity index (χ0) is 11.4. The number of thiocarbonyl (C=S) groups is 1. The molecule has 1 aromatic rings. The van der Waals surface area contributed by atoms with Crippen LogP contribution in [0.2, 0.25) is 0 Å². The van der Waals surface area contributed by atoms with E-state index in [1.54, 1.807) is 6.20 Å². The molecule has 0 bridgehead atoms. The number of hydrogen-bond donors (Lipinski definition) is 1. The van der Waals surface area contributed by atoms with E-state index in [0.717, 1.165) is 16.7 Å². The minimum Gasteiger partial charge on any atom is -0.392 e. The van der Waals surface area contributed by atoms with Gasteiger partial charge in [0.15, 0.2) is 0 Å². The van der Waals surface area contributed by atoms with Gasteiger partial charge in [0, 0.05) is 17.2 Å². The summed E-state index contributed by atoms with van der Waals surface area (Å²) >= 11 is 8.29. The Labute approximate surface area is 104 Å². The lowest BCUT2D eigenvalue weighted by atomic mass is 10.2. The van der Waals surface area contributed by atoms with Crippen molar-refractivity contribution in [1.29, 1.82) is 0 Å². The maximum Gasteiger partial charge on any atom is 0.0899 e. The third-order valence-corrected chi connectivity index (χ3v) is 3.08. The van der Waals surface area contributed by atoms with Gasteiger partial charge in [0.2, 0.25) is 0 Å². The second-order valence-electron chi connectivity index (χ2n) is 3.46. The van der Waals surface area contributed by atoms with Crippen molar-refractivity contribution in [2.24, 2.45) is 5.73 Å². The molecule has 1 atom stereocenters. The Bertz CT molecular complexity index is 339. The molecule has 0 saturated heterocycles. The summed E-state index contributed by atoms with van der Waals surface area (Å²) in [7, 11) is 1.98. The molecular formula is C10H14BrN3S. The van der Waals surface area contributed by atoms with Crippen LogP contribution in [0.3, 0.4) is 0 Å². The Morgan fingerprint density at radius 1 is 1.67 bits per heavy atom. The quantitative estimate of drug-likeness (QED) is 0.860. The molecule has 5 heteroatoms. The van der Waals surface area contributed by atoms with Crippen LogP contribution < -0.4 is 5.73 Å². The summed E-state index contributed by atoms with van der Waals surface area (Å²) in [6.45, 7) is 2.73. The van der Waals surface area contributed by atoms with Crippen molar-refractivity contribution in [2.45, 2.75) is 19.5 Å². The molecule has 0 radical (unpaired) electrons. The number of nitrogens with zero attached hydrogens (tertiary/aromatic N) is 2. The van der Waals surface area contributed by atoms with Gasteiger partial charge in [-0.3, -0.25) is 9.88 Å². The van der Waals surface area contributed by atoms with Crippen LogP contribution in [0, 0.1) is 0 Å². The van der Waals surface area contributed by atoms with Crippen molar-refractivity contribution in [3.05, 3.63) is 28.5 Å². The van der Waals surface area contributed by atoms with Gasteiger partial charge in [-0.05, 0) is 42.0 Å². The maximum atomic E-state index is 5.58. The average molecular weight is 288 g/mol. The number of nitrogens with two attached hydrogens (primary N) is 1. The highest BCUT2D eigenvalue weighted by atomic mass is 79.9. The second-order valence-corrected chi connectivity index (χ2v) is 4.85. The Kier molecular flexibility index (Phi) is 4.63. The van der Waals surface area contributed by atoms with Crippen molar-refractivity contribution >= 4 is 33.1 Å². The molecule has 1 unspecified atom stereocenters. The SMILES string of the molecule is CC(C(N)=S)N(C)Cc1ccc(Br)cn1. The maximum absolute atomic E-state index is 5.58. The fourth-order valence-corrected chi connectivity index (χ4v) is 1.52. The lowest BCUT2D eigenvalue weighted by molar-refractivity contribution is 0.300. The number of pyridine rings is 1. The van der Waals surface area contributed by atoms with Crippen LogP contribution in [0.4, 0.5) is 0 Å². The molecule has 0 spiro atoms. The van der Waals surface area contributed by atoms with Crippen molar-refractivity contribution in [1.82, 2.24) is 9.88 Å². The number of halogens is 1. The van der Waals surface area contributed by atoms with Crippen LogP contribution in [0.5, 0.6) is 0 Å². The minimum atomic E-state index is 0.0884. The Morgan fingerprint density at radius 3 is 2.80 bits per heavy atom. The highest BCUT2D eigenvalue weighted by Crippen LogP contribution is 2.09. The molecule has 0 aromatic carbocycles. The number of hydrogen-bond acceptors (Lipinski definition) is 3. The highest BCUT2D eigenvalue weighted by molar-refractivity contribution is 9.10. The fourth-order valence-electron chi connectivity index (χ4n) is 1.11. The van der Waals surface area contributed by atoms with Gasteiger partial charge >= 0.3 is 0 Å². The first-order valence-corrected chi connectivity index (χ1v) is 5.81. The number of likely N-dealkylation sites (N-methyl/N-ethyl adjacent to an activating group) is 1. The van der Waals surface area contributed by atoms with Gasteiger partial charge < -0.3 is 5.73 Å². The normalized spacial score (nSPS) is 12.8. The third-order valence-electron chi connectivity index (χ3n) is 2.27.